The summed E-state index contributed by atoms with van der Waals surface area (Å²) in [5.74, 6) is 1.89. The minimum Gasteiger partial charge on any atom is -0.465 e. The van der Waals surface area contributed by atoms with E-state index < -0.39 is 10.0 Å². The first-order chi connectivity index (χ1) is 8.99. The first kappa shape index (κ1) is 14.6. The molecule has 0 amide bonds. The predicted molar refractivity (Wildman–Crippen MR) is 74.4 cm³/mol. The van der Waals surface area contributed by atoms with E-state index in [-0.39, 0.29) is 6.04 Å². The van der Waals surface area contributed by atoms with Gasteiger partial charge < -0.3 is 9.73 Å². The van der Waals surface area contributed by atoms with Gasteiger partial charge in [0.1, 0.15) is 11.5 Å². The van der Waals surface area contributed by atoms with Crippen LogP contribution in [0.3, 0.4) is 0 Å². The molecule has 1 N–H and O–H groups in total. The molecule has 5 nitrogen and oxygen atoms in total. The normalized spacial score (nSPS) is 21.7. The SMILES string of the molecule is CCc1ccc(CN[C@H]2CCCN(S(C)(=O)=O)C2)o1. The molecule has 0 saturated carbocycles. The maximum atomic E-state index is 11.5. The monoisotopic (exact) mass is 286 g/mol. The fourth-order valence-corrected chi connectivity index (χ4v) is 3.27. The van der Waals surface area contributed by atoms with Crippen molar-refractivity contribution in [2.24, 2.45) is 0 Å². The molecule has 2 rings (SSSR count). The number of nitrogens with one attached hydrogen (secondary N) is 1. The van der Waals surface area contributed by atoms with Crippen LogP contribution in [0.4, 0.5) is 0 Å². The number of furan rings is 1. The predicted octanol–water partition coefficient (Wildman–Crippen LogP) is 1.36. The lowest BCUT2D eigenvalue weighted by Crippen LogP contribution is -2.47. The van der Waals surface area contributed by atoms with Gasteiger partial charge in [0, 0.05) is 25.6 Å². The maximum absolute atomic E-state index is 11.5. The third kappa shape index (κ3) is 4.06. The highest BCUT2D eigenvalue weighted by Crippen LogP contribution is 2.14. The first-order valence-corrected chi connectivity index (χ1v) is 8.60. The number of hydrogen-bond acceptors (Lipinski definition) is 4. The van der Waals surface area contributed by atoms with Gasteiger partial charge in [-0.2, -0.15) is 0 Å². The van der Waals surface area contributed by atoms with Gasteiger partial charge in [0.15, 0.2) is 0 Å². The van der Waals surface area contributed by atoms with Crippen molar-refractivity contribution >= 4 is 10.0 Å². The molecule has 0 spiro atoms. The standard InChI is InChI=1S/C13H22N2O3S/c1-3-12-6-7-13(18-12)9-14-11-5-4-8-15(10-11)19(2,16)17/h6-7,11,14H,3-5,8-10H2,1-2H3/t11-/m0/s1. The number of sulfonamides is 1. The smallest absolute Gasteiger partial charge is 0.211 e. The second-order valence-electron chi connectivity index (χ2n) is 5.06. The molecular weight excluding hydrogens is 264 g/mol. The van der Waals surface area contributed by atoms with Crippen molar-refractivity contribution in [1.82, 2.24) is 9.62 Å². The van der Waals surface area contributed by atoms with Gasteiger partial charge >= 0.3 is 0 Å². The van der Waals surface area contributed by atoms with Crippen molar-refractivity contribution in [1.29, 1.82) is 0 Å². The van der Waals surface area contributed by atoms with Crippen LogP contribution in [0.5, 0.6) is 0 Å². The third-order valence-corrected chi connectivity index (χ3v) is 4.75. The van der Waals surface area contributed by atoms with Crippen LogP contribution in [-0.2, 0) is 23.0 Å². The second kappa shape index (κ2) is 6.07. The molecule has 0 aromatic carbocycles. The van der Waals surface area contributed by atoms with Crippen molar-refractivity contribution in [3.8, 4) is 0 Å². The van der Waals surface area contributed by atoms with Gasteiger partial charge in [-0.3, -0.25) is 0 Å². The van der Waals surface area contributed by atoms with Gasteiger partial charge in [0.05, 0.1) is 12.8 Å². The zero-order valence-corrected chi connectivity index (χ0v) is 12.4. The summed E-state index contributed by atoms with van der Waals surface area (Å²) in [5, 5.41) is 3.38. The van der Waals surface area contributed by atoms with Crippen LogP contribution in [0, 0.1) is 0 Å². The van der Waals surface area contributed by atoms with Gasteiger partial charge in [-0.15, -0.1) is 0 Å². The highest BCUT2D eigenvalue weighted by Gasteiger charge is 2.25. The average Bonchev–Trinajstić information content (AvgIpc) is 2.84. The summed E-state index contributed by atoms with van der Waals surface area (Å²) < 4.78 is 30.2. The van der Waals surface area contributed by atoms with Crippen molar-refractivity contribution in [2.75, 3.05) is 19.3 Å². The topological polar surface area (TPSA) is 62.6 Å². The molecule has 19 heavy (non-hydrogen) atoms. The summed E-state index contributed by atoms with van der Waals surface area (Å²) in [7, 11) is -3.07. The molecule has 6 heteroatoms. The number of piperidine rings is 1. The van der Waals surface area contributed by atoms with Crippen LogP contribution < -0.4 is 5.32 Å². The van der Waals surface area contributed by atoms with E-state index in [0.717, 1.165) is 30.8 Å². The number of hydrogen-bond donors (Lipinski definition) is 1. The molecule has 2 heterocycles. The Bertz CT molecular complexity index is 510. The Morgan fingerprint density at radius 2 is 2.16 bits per heavy atom. The summed E-state index contributed by atoms with van der Waals surface area (Å²) in [4.78, 5) is 0. The molecule has 0 unspecified atom stereocenters. The van der Waals surface area contributed by atoms with Crippen LogP contribution in [0.25, 0.3) is 0 Å². The van der Waals surface area contributed by atoms with Crippen LogP contribution >= 0.6 is 0 Å². The highest BCUT2D eigenvalue weighted by atomic mass is 32.2. The molecular formula is C13H22N2O3S. The summed E-state index contributed by atoms with van der Waals surface area (Å²) in [5.41, 5.74) is 0. The third-order valence-electron chi connectivity index (χ3n) is 3.48. The number of nitrogens with zero attached hydrogens (tertiary/aromatic N) is 1. The molecule has 0 radical (unpaired) electrons. The molecule has 108 valence electrons. The van der Waals surface area contributed by atoms with E-state index in [1.54, 1.807) is 4.31 Å². The van der Waals surface area contributed by atoms with Gasteiger partial charge in [-0.1, -0.05) is 6.92 Å². The summed E-state index contributed by atoms with van der Waals surface area (Å²) in [6.07, 6.45) is 4.08. The number of aryl methyl sites for hydroxylation is 1. The van der Waals surface area contributed by atoms with Crippen molar-refractivity contribution in [3.63, 3.8) is 0 Å². The van der Waals surface area contributed by atoms with E-state index in [1.165, 1.54) is 6.26 Å². The lowest BCUT2D eigenvalue weighted by molar-refractivity contribution is 0.278. The fourth-order valence-electron chi connectivity index (χ4n) is 2.36. The van der Waals surface area contributed by atoms with E-state index >= 15 is 0 Å². The maximum Gasteiger partial charge on any atom is 0.211 e. The Morgan fingerprint density at radius 3 is 2.79 bits per heavy atom. The fraction of sp³-hybridized carbons (Fsp3) is 0.692. The summed E-state index contributed by atoms with van der Waals surface area (Å²) in [6.45, 7) is 3.90. The molecule has 1 aromatic heterocycles. The van der Waals surface area contributed by atoms with Crippen LogP contribution in [0.15, 0.2) is 16.5 Å². The first-order valence-electron chi connectivity index (χ1n) is 6.75. The largest absolute Gasteiger partial charge is 0.465 e. The molecule has 0 bridgehead atoms. The van der Waals surface area contributed by atoms with E-state index in [9.17, 15) is 8.42 Å². The van der Waals surface area contributed by atoms with Gasteiger partial charge in [0.25, 0.3) is 0 Å². The Labute approximate surface area is 115 Å². The highest BCUT2D eigenvalue weighted by molar-refractivity contribution is 7.88. The summed E-state index contributed by atoms with van der Waals surface area (Å²) >= 11 is 0. The molecule has 1 aromatic rings. The Balaban J connectivity index is 1.86. The lowest BCUT2D eigenvalue weighted by Gasteiger charge is -2.31. The van der Waals surface area contributed by atoms with Gasteiger partial charge in [-0.05, 0) is 25.0 Å². The molecule has 0 aliphatic carbocycles. The van der Waals surface area contributed by atoms with Crippen LogP contribution in [0.2, 0.25) is 0 Å². The molecule has 1 saturated heterocycles. The zero-order valence-electron chi connectivity index (χ0n) is 11.6. The molecule has 1 atom stereocenters. The van der Waals surface area contributed by atoms with E-state index in [4.69, 9.17) is 4.42 Å². The van der Waals surface area contributed by atoms with Crippen molar-refractivity contribution < 1.29 is 12.8 Å². The average molecular weight is 286 g/mol. The van der Waals surface area contributed by atoms with Crippen LogP contribution in [-0.4, -0.2) is 38.1 Å². The van der Waals surface area contributed by atoms with Gasteiger partial charge in [-0.25, -0.2) is 12.7 Å². The lowest BCUT2D eigenvalue weighted by atomic mass is 10.1. The van der Waals surface area contributed by atoms with Crippen molar-refractivity contribution in [2.45, 2.75) is 38.8 Å². The Hall–Kier alpha value is -0.850. The number of rotatable bonds is 5. The second-order valence-corrected chi connectivity index (χ2v) is 7.05. The van der Waals surface area contributed by atoms with Gasteiger partial charge in [0.2, 0.25) is 10.0 Å². The minimum atomic E-state index is -3.07. The van der Waals surface area contributed by atoms with E-state index in [1.807, 2.05) is 12.1 Å². The zero-order chi connectivity index (χ0) is 13.9. The summed E-state index contributed by atoms with van der Waals surface area (Å²) in [6, 6.07) is 4.17. The Morgan fingerprint density at radius 1 is 1.42 bits per heavy atom. The molecule has 1 aliphatic heterocycles. The quantitative estimate of drug-likeness (QED) is 0.887. The molecule has 1 fully saturated rings. The van der Waals surface area contributed by atoms with E-state index in [2.05, 4.69) is 12.2 Å². The van der Waals surface area contributed by atoms with Crippen LogP contribution in [0.1, 0.15) is 31.3 Å². The minimum absolute atomic E-state index is 0.207. The van der Waals surface area contributed by atoms with Crippen molar-refractivity contribution in [3.05, 3.63) is 23.7 Å². The van der Waals surface area contributed by atoms with E-state index in [0.29, 0.717) is 19.6 Å². The molecule has 1 aliphatic rings. The Kier molecular flexibility index (Phi) is 4.65.